The second kappa shape index (κ2) is 5.59. The predicted octanol–water partition coefficient (Wildman–Crippen LogP) is 4.71. The number of ether oxygens (including phenoxy) is 1. The summed E-state index contributed by atoms with van der Waals surface area (Å²) in [7, 11) is 1.65. The van der Waals surface area contributed by atoms with Gasteiger partial charge in [-0.15, -0.1) is 0 Å². The second-order valence-electron chi connectivity index (χ2n) is 6.96. The zero-order valence-corrected chi connectivity index (χ0v) is 13.4. The van der Waals surface area contributed by atoms with E-state index in [2.05, 4.69) is 19.9 Å². The van der Waals surface area contributed by atoms with Crippen molar-refractivity contribution in [2.24, 2.45) is 11.3 Å². The number of Topliss-reactive ketones (excluding diaryl/α,β-unsaturated/α-hetero) is 1. The van der Waals surface area contributed by atoms with Gasteiger partial charge in [-0.05, 0) is 62.1 Å². The van der Waals surface area contributed by atoms with Gasteiger partial charge < -0.3 is 4.74 Å². The fourth-order valence-corrected chi connectivity index (χ4v) is 3.27. The number of carbonyl (C=O) groups excluding carboxylic acids is 1. The Kier molecular flexibility index (Phi) is 4.22. The first-order chi connectivity index (χ1) is 9.34. The molecule has 20 heavy (non-hydrogen) atoms. The molecule has 0 bridgehead atoms. The number of rotatable bonds is 3. The van der Waals surface area contributed by atoms with Crippen molar-refractivity contribution in [1.29, 1.82) is 0 Å². The van der Waals surface area contributed by atoms with E-state index in [4.69, 9.17) is 4.74 Å². The van der Waals surface area contributed by atoms with Crippen LogP contribution in [-0.2, 0) is 0 Å². The summed E-state index contributed by atoms with van der Waals surface area (Å²) in [5.74, 6) is 1.17. The Morgan fingerprint density at radius 3 is 2.35 bits per heavy atom. The van der Waals surface area contributed by atoms with Crippen LogP contribution >= 0.6 is 0 Å². The summed E-state index contributed by atoms with van der Waals surface area (Å²) in [5.41, 5.74) is 3.36. The standard InChI is InChI=1S/C18H26O2/c1-12-10-13(2)16(15(11-12)20-5)17(19)14-6-8-18(3,4)9-7-14/h10-11,14H,6-9H2,1-5H3. The second-order valence-corrected chi connectivity index (χ2v) is 6.96. The van der Waals surface area contributed by atoms with E-state index >= 15 is 0 Å². The Hall–Kier alpha value is -1.31. The van der Waals surface area contributed by atoms with Crippen LogP contribution in [-0.4, -0.2) is 12.9 Å². The van der Waals surface area contributed by atoms with Crippen molar-refractivity contribution in [2.75, 3.05) is 7.11 Å². The highest BCUT2D eigenvalue weighted by molar-refractivity contribution is 6.01. The molecular weight excluding hydrogens is 248 g/mol. The highest BCUT2D eigenvalue weighted by atomic mass is 16.5. The fraction of sp³-hybridized carbons (Fsp3) is 0.611. The van der Waals surface area contributed by atoms with Gasteiger partial charge in [0.05, 0.1) is 12.7 Å². The first-order valence-corrected chi connectivity index (χ1v) is 7.53. The summed E-state index contributed by atoms with van der Waals surface area (Å²) in [5, 5.41) is 0. The van der Waals surface area contributed by atoms with Gasteiger partial charge in [-0.3, -0.25) is 4.79 Å². The smallest absolute Gasteiger partial charge is 0.169 e. The number of ketones is 1. The van der Waals surface area contributed by atoms with Crippen LogP contribution in [0.15, 0.2) is 12.1 Å². The maximum atomic E-state index is 12.8. The van der Waals surface area contributed by atoms with Gasteiger partial charge in [-0.25, -0.2) is 0 Å². The molecule has 2 rings (SSSR count). The molecule has 2 heteroatoms. The third-order valence-electron chi connectivity index (χ3n) is 4.62. The van der Waals surface area contributed by atoms with E-state index in [1.807, 2.05) is 19.9 Å². The minimum atomic E-state index is 0.165. The summed E-state index contributed by atoms with van der Waals surface area (Å²) in [6.45, 7) is 8.64. The van der Waals surface area contributed by atoms with Gasteiger partial charge in [0.1, 0.15) is 5.75 Å². The number of methoxy groups -OCH3 is 1. The van der Waals surface area contributed by atoms with Crippen molar-refractivity contribution in [3.05, 3.63) is 28.8 Å². The first kappa shape index (κ1) is 15.1. The highest BCUT2D eigenvalue weighted by Crippen LogP contribution is 2.40. The molecule has 0 N–H and O–H groups in total. The topological polar surface area (TPSA) is 26.3 Å². The summed E-state index contributed by atoms with van der Waals surface area (Å²) in [6.07, 6.45) is 4.28. The van der Waals surface area contributed by atoms with Gasteiger partial charge >= 0.3 is 0 Å². The fourth-order valence-electron chi connectivity index (χ4n) is 3.27. The van der Waals surface area contributed by atoms with Gasteiger partial charge in [0.25, 0.3) is 0 Å². The Labute approximate surface area is 122 Å². The molecule has 0 radical (unpaired) electrons. The van der Waals surface area contributed by atoms with Gasteiger partial charge in [0.15, 0.2) is 5.78 Å². The molecule has 1 fully saturated rings. The number of carbonyl (C=O) groups is 1. The molecule has 0 atom stereocenters. The Morgan fingerprint density at radius 2 is 1.80 bits per heavy atom. The molecule has 0 aliphatic heterocycles. The Balaban J connectivity index is 2.26. The molecular formula is C18H26O2. The van der Waals surface area contributed by atoms with E-state index in [0.717, 1.165) is 48.1 Å². The lowest BCUT2D eigenvalue weighted by Gasteiger charge is -2.34. The quantitative estimate of drug-likeness (QED) is 0.746. The zero-order chi connectivity index (χ0) is 14.9. The van der Waals surface area contributed by atoms with E-state index in [-0.39, 0.29) is 11.7 Å². The lowest BCUT2D eigenvalue weighted by Crippen LogP contribution is -2.27. The SMILES string of the molecule is COc1cc(C)cc(C)c1C(=O)C1CCC(C)(C)CC1. The van der Waals surface area contributed by atoms with Crippen LogP contribution in [0.4, 0.5) is 0 Å². The van der Waals surface area contributed by atoms with E-state index in [1.165, 1.54) is 0 Å². The zero-order valence-electron chi connectivity index (χ0n) is 13.4. The molecule has 1 saturated carbocycles. The molecule has 0 aromatic heterocycles. The molecule has 1 aliphatic rings. The number of aryl methyl sites for hydroxylation is 2. The van der Waals surface area contributed by atoms with Gasteiger partial charge in [0, 0.05) is 5.92 Å². The minimum Gasteiger partial charge on any atom is -0.496 e. The molecule has 1 aromatic rings. The summed E-state index contributed by atoms with van der Waals surface area (Å²) in [6, 6.07) is 4.04. The van der Waals surface area contributed by atoms with Crippen LogP contribution in [0, 0.1) is 25.2 Å². The largest absolute Gasteiger partial charge is 0.496 e. The van der Waals surface area contributed by atoms with Crippen molar-refractivity contribution in [2.45, 2.75) is 53.4 Å². The molecule has 0 heterocycles. The van der Waals surface area contributed by atoms with Crippen LogP contribution < -0.4 is 4.74 Å². The van der Waals surface area contributed by atoms with Crippen molar-refractivity contribution < 1.29 is 9.53 Å². The van der Waals surface area contributed by atoms with Crippen molar-refractivity contribution in [1.82, 2.24) is 0 Å². The lowest BCUT2D eigenvalue weighted by atomic mass is 9.71. The van der Waals surface area contributed by atoms with Gasteiger partial charge in [-0.2, -0.15) is 0 Å². The van der Waals surface area contributed by atoms with Crippen LogP contribution in [0.2, 0.25) is 0 Å². The average Bonchev–Trinajstić information content (AvgIpc) is 2.37. The van der Waals surface area contributed by atoms with Crippen LogP contribution in [0.1, 0.15) is 61.0 Å². The molecule has 110 valence electrons. The average molecular weight is 274 g/mol. The molecule has 1 aliphatic carbocycles. The Bertz CT molecular complexity index is 504. The van der Waals surface area contributed by atoms with E-state index in [9.17, 15) is 4.79 Å². The van der Waals surface area contributed by atoms with Crippen LogP contribution in [0.5, 0.6) is 5.75 Å². The van der Waals surface area contributed by atoms with Crippen molar-refractivity contribution >= 4 is 5.78 Å². The predicted molar refractivity (Wildman–Crippen MR) is 82.5 cm³/mol. The number of benzene rings is 1. The van der Waals surface area contributed by atoms with Crippen molar-refractivity contribution in [3.63, 3.8) is 0 Å². The van der Waals surface area contributed by atoms with E-state index < -0.39 is 0 Å². The third kappa shape index (κ3) is 3.05. The summed E-state index contributed by atoms with van der Waals surface area (Å²) < 4.78 is 5.44. The minimum absolute atomic E-state index is 0.165. The maximum Gasteiger partial charge on any atom is 0.169 e. The van der Waals surface area contributed by atoms with Gasteiger partial charge in [0.2, 0.25) is 0 Å². The summed E-state index contributed by atoms with van der Waals surface area (Å²) in [4.78, 5) is 12.8. The molecule has 0 spiro atoms. The van der Waals surface area contributed by atoms with Crippen LogP contribution in [0.25, 0.3) is 0 Å². The van der Waals surface area contributed by atoms with Gasteiger partial charge in [-0.1, -0.05) is 19.9 Å². The number of hydrogen-bond donors (Lipinski definition) is 0. The van der Waals surface area contributed by atoms with E-state index in [0.29, 0.717) is 5.41 Å². The maximum absolute atomic E-state index is 12.8. The molecule has 0 amide bonds. The van der Waals surface area contributed by atoms with E-state index in [1.54, 1.807) is 7.11 Å². The van der Waals surface area contributed by atoms with Crippen LogP contribution in [0.3, 0.4) is 0 Å². The molecule has 0 saturated heterocycles. The third-order valence-corrected chi connectivity index (χ3v) is 4.62. The van der Waals surface area contributed by atoms with Crippen molar-refractivity contribution in [3.8, 4) is 5.75 Å². The lowest BCUT2D eigenvalue weighted by molar-refractivity contribution is 0.0834. The Morgan fingerprint density at radius 1 is 1.20 bits per heavy atom. The highest BCUT2D eigenvalue weighted by Gasteiger charge is 2.32. The monoisotopic (exact) mass is 274 g/mol. The normalized spacial score (nSPS) is 18.9. The first-order valence-electron chi connectivity index (χ1n) is 7.53. The molecule has 0 unspecified atom stereocenters. The number of hydrogen-bond acceptors (Lipinski definition) is 2. The molecule has 1 aromatic carbocycles. The molecule has 2 nitrogen and oxygen atoms in total. The summed E-state index contributed by atoms with van der Waals surface area (Å²) >= 11 is 0.